The molecule has 114 valence electrons. The first kappa shape index (κ1) is 17.1. The Morgan fingerprint density at radius 3 is 2.71 bits per heavy atom. The van der Waals surface area contributed by atoms with Gasteiger partial charge in [0.2, 0.25) is 5.91 Å². The zero-order chi connectivity index (χ0) is 15.7. The first-order chi connectivity index (χ1) is 10.0. The molecular weight excluding hydrogens is 391 g/mol. The van der Waals surface area contributed by atoms with Crippen LogP contribution in [0.15, 0.2) is 24.5 Å². The van der Waals surface area contributed by atoms with Crippen LogP contribution >= 0.6 is 22.6 Å². The molecule has 0 saturated carbocycles. The third kappa shape index (κ3) is 6.88. The Hall–Kier alpha value is -1.91. The molecule has 0 unspecified atom stereocenters. The fraction of sp³-hybridized carbons (Fsp3) is 0.333. The third-order valence-electron chi connectivity index (χ3n) is 2.30. The molecule has 8 nitrogen and oxygen atoms in total. The van der Waals surface area contributed by atoms with E-state index >= 15 is 0 Å². The van der Waals surface area contributed by atoms with Gasteiger partial charge in [0.1, 0.15) is 6.61 Å². The van der Waals surface area contributed by atoms with Gasteiger partial charge in [-0.3, -0.25) is 4.79 Å². The molecule has 0 atom stereocenters. The molecule has 0 aliphatic heterocycles. The number of rotatable bonds is 7. The van der Waals surface area contributed by atoms with Gasteiger partial charge in [-0.15, -0.1) is 0 Å². The number of hydrogen-bond acceptors (Lipinski definition) is 5. The molecule has 0 spiro atoms. The Balaban J connectivity index is 2.40. The molecule has 2 amide bonds. The van der Waals surface area contributed by atoms with Crippen LogP contribution in [0.2, 0.25) is 0 Å². The van der Waals surface area contributed by atoms with Crippen molar-refractivity contribution in [2.24, 2.45) is 0 Å². The lowest BCUT2D eigenvalue weighted by molar-refractivity contribution is -0.116. The predicted molar refractivity (Wildman–Crippen MR) is 83.0 cm³/mol. The van der Waals surface area contributed by atoms with Crippen molar-refractivity contribution >= 4 is 34.6 Å². The van der Waals surface area contributed by atoms with E-state index in [1.165, 1.54) is 19.2 Å². The molecular formula is C12H15IN4O4. The highest BCUT2D eigenvalue weighted by atomic mass is 127. The molecule has 21 heavy (non-hydrogen) atoms. The molecule has 0 aliphatic carbocycles. The van der Waals surface area contributed by atoms with Gasteiger partial charge in [-0.1, -0.05) is 6.08 Å². The van der Waals surface area contributed by atoms with Crippen molar-refractivity contribution in [1.82, 2.24) is 20.2 Å². The SMILES string of the molecule is CNC(=O)/C=C/CN(CCOc1ncc(I)cn1)C(=O)O. The standard InChI is InChI=1S/C12H15IN4O4/c1-14-10(18)3-2-4-17(12(19)20)5-6-21-11-15-7-9(13)8-16-11/h2-3,7-8H,4-6H2,1H3,(H,14,18)(H,19,20)/b3-2+. The van der Waals surface area contributed by atoms with Gasteiger partial charge >= 0.3 is 12.1 Å². The third-order valence-corrected chi connectivity index (χ3v) is 2.86. The van der Waals surface area contributed by atoms with Gasteiger partial charge in [0.25, 0.3) is 0 Å². The Kier molecular flexibility index (Phi) is 7.43. The van der Waals surface area contributed by atoms with Crippen LogP contribution in [-0.2, 0) is 4.79 Å². The quantitative estimate of drug-likeness (QED) is 0.512. The number of carbonyl (C=O) groups excluding carboxylic acids is 1. The second-order valence-electron chi connectivity index (χ2n) is 3.78. The average Bonchev–Trinajstić information content (AvgIpc) is 2.47. The fourth-order valence-corrected chi connectivity index (χ4v) is 1.54. The smallest absolute Gasteiger partial charge is 0.407 e. The van der Waals surface area contributed by atoms with Gasteiger partial charge in [-0.2, -0.15) is 0 Å². The lowest BCUT2D eigenvalue weighted by Crippen LogP contribution is -2.33. The van der Waals surface area contributed by atoms with Crippen LogP contribution in [0.25, 0.3) is 0 Å². The van der Waals surface area contributed by atoms with Crippen molar-refractivity contribution in [3.8, 4) is 6.01 Å². The number of nitrogens with one attached hydrogen (secondary N) is 1. The summed E-state index contributed by atoms with van der Waals surface area (Å²) in [4.78, 5) is 31.0. The van der Waals surface area contributed by atoms with Crippen molar-refractivity contribution in [3.63, 3.8) is 0 Å². The Morgan fingerprint density at radius 1 is 1.48 bits per heavy atom. The number of hydrogen-bond donors (Lipinski definition) is 2. The van der Waals surface area contributed by atoms with Crippen LogP contribution in [0.3, 0.4) is 0 Å². The van der Waals surface area contributed by atoms with Gasteiger partial charge < -0.3 is 20.1 Å². The van der Waals surface area contributed by atoms with Crippen molar-refractivity contribution in [2.75, 3.05) is 26.7 Å². The van der Waals surface area contributed by atoms with Crippen LogP contribution in [0.5, 0.6) is 6.01 Å². The first-order valence-electron chi connectivity index (χ1n) is 5.99. The molecule has 1 heterocycles. The Labute approximate surface area is 135 Å². The second kappa shape index (κ2) is 9.10. The lowest BCUT2D eigenvalue weighted by Gasteiger charge is -2.16. The number of likely N-dealkylation sites (N-methyl/N-ethyl adjacent to an activating group) is 1. The van der Waals surface area contributed by atoms with E-state index in [0.29, 0.717) is 0 Å². The van der Waals surface area contributed by atoms with E-state index in [4.69, 9.17) is 9.84 Å². The molecule has 9 heteroatoms. The minimum absolute atomic E-state index is 0.0969. The Morgan fingerprint density at radius 2 is 2.14 bits per heavy atom. The van der Waals surface area contributed by atoms with E-state index in [9.17, 15) is 9.59 Å². The molecule has 0 saturated heterocycles. The van der Waals surface area contributed by atoms with E-state index in [0.717, 1.165) is 8.47 Å². The monoisotopic (exact) mass is 406 g/mol. The highest BCUT2D eigenvalue weighted by Crippen LogP contribution is 2.04. The van der Waals surface area contributed by atoms with E-state index in [1.807, 2.05) is 0 Å². The van der Waals surface area contributed by atoms with Crippen molar-refractivity contribution in [2.45, 2.75) is 0 Å². The van der Waals surface area contributed by atoms with Gasteiger partial charge in [-0.05, 0) is 22.6 Å². The maximum atomic E-state index is 11.0. The van der Waals surface area contributed by atoms with Gasteiger partial charge in [0.15, 0.2) is 0 Å². The van der Waals surface area contributed by atoms with Crippen molar-refractivity contribution in [3.05, 3.63) is 28.1 Å². The topological polar surface area (TPSA) is 105 Å². The van der Waals surface area contributed by atoms with Gasteiger partial charge in [-0.25, -0.2) is 14.8 Å². The van der Waals surface area contributed by atoms with E-state index in [1.54, 1.807) is 12.4 Å². The normalized spacial score (nSPS) is 10.4. The van der Waals surface area contributed by atoms with Gasteiger partial charge in [0, 0.05) is 35.6 Å². The van der Waals surface area contributed by atoms with Crippen molar-refractivity contribution in [1.29, 1.82) is 0 Å². The summed E-state index contributed by atoms with van der Waals surface area (Å²) in [7, 11) is 1.50. The number of amides is 2. The predicted octanol–water partition coefficient (Wildman–Crippen LogP) is 0.742. The summed E-state index contributed by atoms with van der Waals surface area (Å²) in [5, 5.41) is 11.4. The number of nitrogens with zero attached hydrogens (tertiary/aromatic N) is 3. The molecule has 1 aromatic heterocycles. The maximum absolute atomic E-state index is 11.0. The van der Waals surface area contributed by atoms with E-state index in [2.05, 4.69) is 37.9 Å². The molecule has 0 fully saturated rings. The summed E-state index contributed by atoms with van der Waals surface area (Å²) in [6.07, 6.45) is 4.85. The summed E-state index contributed by atoms with van der Waals surface area (Å²) in [5.41, 5.74) is 0. The number of carbonyl (C=O) groups is 2. The molecule has 0 aliphatic rings. The molecule has 1 rings (SSSR count). The maximum Gasteiger partial charge on any atom is 0.407 e. The highest BCUT2D eigenvalue weighted by molar-refractivity contribution is 14.1. The van der Waals surface area contributed by atoms with Crippen LogP contribution < -0.4 is 10.1 Å². The molecule has 1 aromatic rings. The highest BCUT2D eigenvalue weighted by Gasteiger charge is 2.10. The number of ether oxygens (including phenoxy) is 1. The molecule has 0 aromatic carbocycles. The van der Waals surface area contributed by atoms with Crippen molar-refractivity contribution < 1.29 is 19.4 Å². The van der Waals surface area contributed by atoms with E-state index in [-0.39, 0.29) is 31.6 Å². The van der Waals surface area contributed by atoms with Crippen LogP contribution in [0.1, 0.15) is 0 Å². The minimum atomic E-state index is -1.09. The van der Waals surface area contributed by atoms with Crippen LogP contribution in [0.4, 0.5) is 4.79 Å². The first-order valence-corrected chi connectivity index (χ1v) is 7.07. The minimum Gasteiger partial charge on any atom is -0.465 e. The van der Waals surface area contributed by atoms with Crippen LogP contribution in [-0.4, -0.2) is 58.7 Å². The summed E-state index contributed by atoms with van der Waals surface area (Å²) < 4.78 is 6.14. The van der Waals surface area contributed by atoms with Gasteiger partial charge in [0.05, 0.1) is 6.54 Å². The molecule has 0 bridgehead atoms. The second-order valence-corrected chi connectivity index (χ2v) is 5.02. The number of carboxylic acid groups (broad SMARTS) is 1. The summed E-state index contributed by atoms with van der Waals surface area (Å²) >= 11 is 2.07. The summed E-state index contributed by atoms with van der Waals surface area (Å²) in [6.45, 7) is 0.364. The van der Waals surface area contributed by atoms with E-state index < -0.39 is 6.09 Å². The Bertz CT molecular complexity index is 506. The zero-order valence-electron chi connectivity index (χ0n) is 11.3. The number of halogens is 1. The van der Waals surface area contributed by atoms with Crippen LogP contribution in [0, 0.1) is 3.57 Å². The zero-order valence-corrected chi connectivity index (χ0v) is 13.5. The lowest BCUT2D eigenvalue weighted by atomic mass is 10.4. The average molecular weight is 406 g/mol. The molecule has 2 N–H and O–H groups in total. The number of aromatic nitrogens is 2. The molecule has 0 radical (unpaired) electrons. The summed E-state index contributed by atoms with van der Waals surface area (Å²) in [6, 6.07) is 0.196. The largest absolute Gasteiger partial charge is 0.465 e. The fourth-order valence-electron chi connectivity index (χ4n) is 1.26. The summed E-state index contributed by atoms with van der Waals surface area (Å²) in [5.74, 6) is -0.288.